The number of carbonyl (C=O) groups excluding carboxylic acids is 1. The Balaban J connectivity index is 1.56. The van der Waals surface area contributed by atoms with Gasteiger partial charge in [-0.2, -0.15) is 0 Å². The Morgan fingerprint density at radius 2 is 1.48 bits per heavy atom. The molecule has 3 aromatic carbocycles. The molecule has 0 unspecified atom stereocenters. The number of ether oxygens (including phenoxy) is 1. The zero-order valence-electron chi connectivity index (χ0n) is 14.1. The van der Waals surface area contributed by atoms with Gasteiger partial charge in [-0.05, 0) is 48.0 Å². The number of carbonyl (C=O) groups is 1. The standard InChI is InChI=1S/C23H14O4/c24-19-13-12-18-21(25)20(27-23(18)22(19)26)14-17-10-8-16(9-11-17)7-6-15-4-2-1-3-5-15/h1-5,8-14,24,26H. The Morgan fingerprint density at radius 3 is 2.19 bits per heavy atom. The molecule has 0 bridgehead atoms. The number of phenols is 2. The topological polar surface area (TPSA) is 66.8 Å². The summed E-state index contributed by atoms with van der Waals surface area (Å²) >= 11 is 0. The number of fused-ring (bicyclic) bond motifs is 1. The van der Waals surface area contributed by atoms with E-state index in [4.69, 9.17) is 4.74 Å². The summed E-state index contributed by atoms with van der Waals surface area (Å²) in [5, 5.41) is 19.4. The molecule has 1 aliphatic rings. The number of benzene rings is 3. The van der Waals surface area contributed by atoms with Crippen LogP contribution in [0.25, 0.3) is 6.08 Å². The summed E-state index contributed by atoms with van der Waals surface area (Å²) in [7, 11) is 0. The van der Waals surface area contributed by atoms with E-state index in [1.807, 2.05) is 54.6 Å². The van der Waals surface area contributed by atoms with Gasteiger partial charge in [0.1, 0.15) is 0 Å². The van der Waals surface area contributed by atoms with Crippen molar-refractivity contribution >= 4 is 11.9 Å². The number of hydrogen-bond acceptors (Lipinski definition) is 4. The third kappa shape index (κ3) is 3.26. The number of Topliss-reactive ketones (excluding diaryl/α,β-unsaturated/α-hetero) is 1. The van der Waals surface area contributed by atoms with Crippen LogP contribution < -0.4 is 4.74 Å². The van der Waals surface area contributed by atoms with Gasteiger partial charge in [0.15, 0.2) is 17.3 Å². The maximum Gasteiger partial charge on any atom is 0.232 e. The summed E-state index contributed by atoms with van der Waals surface area (Å²) in [6.45, 7) is 0. The first-order chi connectivity index (χ1) is 13.1. The normalized spacial score (nSPS) is 13.6. The average molecular weight is 354 g/mol. The van der Waals surface area contributed by atoms with Crippen molar-refractivity contribution < 1.29 is 19.7 Å². The van der Waals surface area contributed by atoms with Gasteiger partial charge in [0.05, 0.1) is 5.56 Å². The van der Waals surface area contributed by atoms with E-state index in [1.165, 1.54) is 12.1 Å². The molecule has 0 spiro atoms. The lowest BCUT2D eigenvalue weighted by Crippen LogP contribution is -1.97. The molecule has 1 heterocycles. The van der Waals surface area contributed by atoms with Crippen molar-refractivity contribution in [2.75, 3.05) is 0 Å². The van der Waals surface area contributed by atoms with E-state index >= 15 is 0 Å². The van der Waals surface area contributed by atoms with Crippen LogP contribution in [0.2, 0.25) is 0 Å². The highest BCUT2D eigenvalue weighted by molar-refractivity contribution is 6.15. The molecule has 0 saturated heterocycles. The smallest absolute Gasteiger partial charge is 0.232 e. The first kappa shape index (κ1) is 16.5. The summed E-state index contributed by atoms with van der Waals surface area (Å²) in [6, 6.07) is 19.8. The van der Waals surface area contributed by atoms with E-state index in [0.717, 1.165) is 16.7 Å². The molecule has 4 heteroatoms. The van der Waals surface area contributed by atoms with Crippen LogP contribution in [0.1, 0.15) is 27.0 Å². The molecule has 0 radical (unpaired) electrons. The summed E-state index contributed by atoms with van der Waals surface area (Å²) < 4.78 is 5.44. The highest BCUT2D eigenvalue weighted by Crippen LogP contribution is 2.44. The predicted molar refractivity (Wildman–Crippen MR) is 102 cm³/mol. The van der Waals surface area contributed by atoms with Crippen LogP contribution in [0.3, 0.4) is 0 Å². The van der Waals surface area contributed by atoms with Crippen molar-refractivity contribution in [3.8, 4) is 29.1 Å². The Hall–Kier alpha value is -3.97. The van der Waals surface area contributed by atoms with E-state index < -0.39 is 5.75 Å². The lowest BCUT2D eigenvalue weighted by atomic mass is 10.1. The van der Waals surface area contributed by atoms with E-state index in [9.17, 15) is 15.0 Å². The Bertz CT molecular complexity index is 1110. The van der Waals surface area contributed by atoms with Gasteiger partial charge in [0, 0.05) is 11.1 Å². The fourth-order valence-corrected chi connectivity index (χ4v) is 2.71. The number of rotatable bonds is 1. The number of allylic oxidation sites excluding steroid dienone is 1. The molecule has 0 atom stereocenters. The highest BCUT2D eigenvalue weighted by Gasteiger charge is 2.31. The van der Waals surface area contributed by atoms with Gasteiger partial charge in [0.2, 0.25) is 11.5 Å². The van der Waals surface area contributed by atoms with Crippen LogP contribution >= 0.6 is 0 Å². The molecule has 1 aliphatic heterocycles. The lowest BCUT2D eigenvalue weighted by molar-refractivity contribution is 0.101. The van der Waals surface area contributed by atoms with Gasteiger partial charge < -0.3 is 14.9 Å². The summed E-state index contributed by atoms with van der Waals surface area (Å²) in [5.74, 6) is 5.15. The minimum atomic E-state index is -0.434. The fourth-order valence-electron chi connectivity index (χ4n) is 2.71. The first-order valence-corrected chi connectivity index (χ1v) is 8.28. The second-order valence-corrected chi connectivity index (χ2v) is 5.99. The predicted octanol–water partition coefficient (Wildman–Crippen LogP) is 4.11. The maximum atomic E-state index is 12.4. The van der Waals surface area contributed by atoms with Crippen molar-refractivity contribution in [1.29, 1.82) is 0 Å². The quantitative estimate of drug-likeness (QED) is 0.392. The molecule has 0 amide bonds. The molecule has 0 fully saturated rings. The van der Waals surface area contributed by atoms with Crippen molar-refractivity contribution in [3.05, 3.63) is 94.7 Å². The number of ketones is 1. The van der Waals surface area contributed by atoms with Crippen LogP contribution in [0.4, 0.5) is 0 Å². The van der Waals surface area contributed by atoms with Gasteiger partial charge in [-0.3, -0.25) is 4.79 Å². The molecule has 130 valence electrons. The molecule has 0 aliphatic carbocycles. The average Bonchev–Trinajstić information content (AvgIpc) is 3.01. The van der Waals surface area contributed by atoms with Gasteiger partial charge in [0.25, 0.3) is 0 Å². The Labute approximate surface area is 156 Å². The Kier molecular flexibility index (Phi) is 4.12. The molecule has 3 aromatic rings. The van der Waals surface area contributed by atoms with Crippen LogP contribution in [0.5, 0.6) is 17.2 Å². The molecule has 0 aromatic heterocycles. The first-order valence-electron chi connectivity index (χ1n) is 8.28. The van der Waals surface area contributed by atoms with Crippen molar-refractivity contribution in [1.82, 2.24) is 0 Å². The minimum Gasteiger partial charge on any atom is -0.504 e. The summed E-state index contributed by atoms with van der Waals surface area (Å²) in [5.41, 5.74) is 2.78. The van der Waals surface area contributed by atoms with Gasteiger partial charge in [-0.1, -0.05) is 42.2 Å². The molecule has 2 N–H and O–H groups in total. The van der Waals surface area contributed by atoms with Gasteiger partial charge in [-0.15, -0.1) is 0 Å². The molecule has 27 heavy (non-hydrogen) atoms. The Morgan fingerprint density at radius 1 is 0.815 bits per heavy atom. The third-order valence-corrected chi connectivity index (χ3v) is 4.12. The molecule has 4 nitrogen and oxygen atoms in total. The zero-order chi connectivity index (χ0) is 18.8. The highest BCUT2D eigenvalue weighted by atomic mass is 16.5. The van der Waals surface area contributed by atoms with Crippen molar-refractivity contribution in [3.63, 3.8) is 0 Å². The summed E-state index contributed by atoms with van der Waals surface area (Å²) in [6.07, 6.45) is 1.59. The van der Waals surface area contributed by atoms with E-state index in [-0.39, 0.29) is 28.6 Å². The monoisotopic (exact) mass is 354 g/mol. The van der Waals surface area contributed by atoms with Gasteiger partial charge in [-0.25, -0.2) is 0 Å². The second-order valence-electron chi connectivity index (χ2n) is 5.99. The van der Waals surface area contributed by atoms with Gasteiger partial charge >= 0.3 is 0 Å². The largest absolute Gasteiger partial charge is 0.504 e. The fraction of sp³-hybridized carbons (Fsp3) is 0. The molecular weight excluding hydrogens is 340 g/mol. The van der Waals surface area contributed by atoms with Crippen LogP contribution in [0.15, 0.2) is 72.5 Å². The van der Waals surface area contributed by atoms with Crippen LogP contribution in [-0.2, 0) is 0 Å². The van der Waals surface area contributed by atoms with Crippen molar-refractivity contribution in [2.45, 2.75) is 0 Å². The second kappa shape index (κ2) is 6.74. The van der Waals surface area contributed by atoms with Crippen LogP contribution in [0, 0.1) is 11.8 Å². The van der Waals surface area contributed by atoms with E-state index in [2.05, 4.69) is 11.8 Å². The summed E-state index contributed by atoms with van der Waals surface area (Å²) in [4.78, 5) is 12.4. The molecular formula is C23H14O4. The minimum absolute atomic E-state index is 0.0170. The maximum absolute atomic E-state index is 12.4. The van der Waals surface area contributed by atoms with E-state index in [1.54, 1.807) is 6.08 Å². The van der Waals surface area contributed by atoms with E-state index in [0.29, 0.717) is 0 Å². The number of phenolic OH excluding ortho intramolecular Hbond substituents is 2. The van der Waals surface area contributed by atoms with Crippen LogP contribution in [-0.4, -0.2) is 16.0 Å². The lowest BCUT2D eigenvalue weighted by Gasteiger charge is -2.02. The SMILES string of the molecule is O=C1C(=Cc2ccc(C#Cc3ccccc3)cc2)Oc2c1ccc(O)c2O. The zero-order valence-corrected chi connectivity index (χ0v) is 14.1. The molecule has 4 rings (SSSR count). The van der Waals surface area contributed by atoms with Crippen molar-refractivity contribution in [2.24, 2.45) is 0 Å². The third-order valence-electron chi connectivity index (χ3n) is 4.12. The molecule has 0 saturated carbocycles. The number of aromatic hydroxyl groups is 2. The number of hydrogen-bond donors (Lipinski definition) is 2.